The molecule has 1 aliphatic carbocycles. The SMILES string of the molecule is CCNC1C(CN(C)C(C)C(C)C)CCC1(C)C. The maximum atomic E-state index is 3.73. The third kappa shape index (κ3) is 3.71. The highest BCUT2D eigenvalue weighted by atomic mass is 15.1. The van der Waals surface area contributed by atoms with Crippen molar-refractivity contribution in [1.29, 1.82) is 0 Å². The molecule has 0 aromatic rings. The molecular weight excluding hydrogens is 220 g/mol. The van der Waals surface area contributed by atoms with Gasteiger partial charge in [-0.3, -0.25) is 0 Å². The quantitative estimate of drug-likeness (QED) is 0.782. The number of hydrogen-bond acceptors (Lipinski definition) is 2. The Bertz CT molecular complexity index is 247. The van der Waals surface area contributed by atoms with Crippen molar-refractivity contribution in [3.63, 3.8) is 0 Å². The van der Waals surface area contributed by atoms with E-state index in [0.717, 1.165) is 18.4 Å². The molecule has 1 fully saturated rings. The van der Waals surface area contributed by atoms with Crippen LogP contribution in [0.15, 0.2) is 0 Å². The largest absolute Gasteiger partial charge is 0.313 e. The van der Waals surface area contributed by atoms with Gasteiger partial charge in [0.05, 0.1) is 0 Å². The van der Waals surface area contributed by atoms with Crippen LogP contribution < -0.4 is 5.32 Å². The fraction of sp³-hybridized carbons (Fsp3) is 1.00. The van der Waals surface area contributed by atoms with Crippen molar-refractivity contribution < 1.29 is 0 Å². The Morgan fingerprint density at radius 2 is 1.89 bits per heavy atom. The predicted molar refractivity (Wildman–Crippen MR) is 80.9 cm³/mol. The van der Waals surface area contributed by atoms with E-state index in [-0.39, 0.29) is 0 Å². The summed E-state index contributed by atoms with van der Waals surface area (Å²) in [5, 5.41) is 3.73. The molecule has 0 radical (unpaired) electrons. The maximum Gasteiger partial charge on any atom is 0.0159 e. The van der Waals surface area contributed by atoms with Crippen molar-refractivity contribution in [3.8, 4) is 0 Å². The maximum absolute atomic E-state index is 3.73. The van der Waals surface area contributed by atoms with Gasteiger partial charge in [0.25, 0.3) is 0 Å². The van der Waals surface area contributed by atoms with Crippen LogP contribution in [0.3, 0.4) is 0 Å². The molecule has 18 heavy (non-hydrogen) atoms. The topological polar surface area (TPSA) is 15.3 Å². The van der Waals surface area contributed by atoms with E-state index in [1.165, 1.54) is 19.4 Å². The minimum Gasteiger partial charge on any atom is -0.313 e. The number of hydrogen-bond donors (Lipinski definition) is 1. The minimum absolute atomic E-state index is 0.461. The van der Waals surface area contributed by atoms with Crippen LogP contribution in [0.5, 0.6) is 0 Å². The van der Waals surface area contributed by atoms with E-state index < -0.39 is 0 Å². The van der Waals surface area contributed by atoms with Gasteiger partial charge >= 0.3 is 0 Å². The summed E-state index contributed by atoms with van der Waals surface area (Å²) in [6.07, 6.45) is 2.74. The van der Waals surface area contributed by atoms with Gasteiger partial charge < -0.3 is 10.2 Å². The Balaban J connectivity index is 2.61. The van der Waals surface area contributed by atoms with Crippen molar-refractivity contribution in [2.24, 2.45) is 17.3 Å². The molecule has 1 aliphatic rings. The zero-order chi connectivity index (χ0) is 13.9. The molecule has 3 unspecified atom stereocenters. The van der Waals surface area contributed by atoms with Crippen LogP contribution in [-0.4, -0.2) is 37.1 Å². The Kier molecular flexibility index (Phi) is 5.67. The van der Waals surface area contributed by atoms with E-state index in [9.17, 15) is 0 Å². The van der Waals surface area contributed by atoms with Crippen molar-refractivity contribution in [1.82, 2.24) is 10.2 Å². The summed E-state index contributed by atoms with van der Waals surface area (Å²) < 4.78 is 0. The second-order valence-corrected chi connectivity index (χ2v) is 7.25. The molecule has 2 heteroatoms. The van der Waals surface area contributed by atoms with Gasteiger partial charge in [-0.15, -0.1) is 0 Å². The molecule has 0 heterocycles. The first-order valence-electron chi connectivity index (χ1n) is 7.73. The molecule has 1 N–H and O–H groups in total. The smallest absolute Gasteiger partial charge is 0.0159 e. The van der Waals surface area contributed by atoms with Gasteiger partial charge in [0.1, 0.15) is 0 Å². The van der Waals surface area contributed by atoms with Gasteiger partial charge in [-0.25, -0.2) is 0 Å². The van der Waals surface area contributed by atoms with Gasteiger partial charge in [0, 0.05) is 18.6 Å². The third-order valence-corrected chi connectivity index (χ3v) is 5.08. The molecule has 2 nitrogen and oxygen atoms in total. The highest BCUT2D eigenvalue weighted by molar-refractivity contribution is 4.97. The average Bonchev–Trinajstić information content (AvgIpc) is 2.55. The number of nitrogens with one attached hydrogen (secondary N) is 1. The summed E-state index contributed by atoms with van der Waals surface area (Å²) >= 11 is 0. The zero-order valence-corrected chi connectivity index (χ0v) is 13.6. The zero-order valence-electron chi connectivity index (χ0n) is 13.6. The first kappa shape index (κ1) is 16.0. The second-order valence-electron chi connectivity index (χ2n) is 7.25. The molecule has 0 bridgehead atoms. The monoisotopic (exact) mass is 254 g/mol. The fourth-order valence-corrected chi connectivity index (χ4v) is 3.42. The highest BCUT2D eigenvalue weighted by Crippen LogP contribution is 2.41. The molecule has 1 saturated carbocycles. The van der Waals surface area contributed by atoms with Crippen LogP contribution in [0, 0.1) is 17.3 Å². The molecule has 0 aromatic heterocycles. The van der Waals surface area contributed by atoms with Gasteiger partial charge in [-0.1, -0.05) is 34.6 Å². The fourth-order valence-electron chi connectivity index (χ4n) is 3.42. The van der Waals surface area contributed by atoms with Gasteiger partial charge in [0.15, 0.2) is 0 Å². The predicted octanol–water partition coefficient (Wildman–Crippen LogP) is 3.38. The lowest BCUT2D eigenvalue weighted by atomic mass is 9.84. The summed E-state index contributed by atoms with van der Waals surface area (Å²) in [6.45, 7) is 16.4. The van der Waals surface area contributed by atoms with Gasteiger partial charge in [-0.05, 0) is 50.6 Å². The molecule has 108 valence electrons. The van der Waals surface area contributed by atoms with Crippen molar-refractivity contribution >= 4 is 0 Å². The first-order chi connectivity index (χ1) is 8.29. The molecule has 0 saturated heterocycles. The van der Waals surface area contributed by atoms with Crippen LogP contribution in [-0.2, 0) is 0 Å². The minimum atomic E-state index is 0.461. The number of rotatable bonds is 6. The van der Waals surface area contributed by atoms with Crippen LogP contribution in [0.2, 0.25) is 0 Å². The Morgan fingerprint density at radius 1 is 1.28 bits per heavy atom. The van der Waals surface area contributed by atoms with Crippen LogP contribution in [0.1, 0.15) is 54.4 Å². The standard InChI is InChI=1S/C16H34N2/c1-8-17-15-14(9-10-16(15,5)6)11-18(7)13(4)12(2)3/h12-15,17H,8-11H2,1-7H3. The van der Waals surface area contributed by atoms with Crippen molar-refractivity contribution in [2.45, 2.75) is 66.5 Å². The Hall–Kier alpha value is -0.0800. The summed E-state index contributed by atoms with van der Waals surface area (Å²) in [6, 6.07) is 1.36. The molecule has 1 rings (SSSR count). The van der Waals surface area contributed by atoms with Crippen molar-refractivity contribution in [2.75, 3.05) is 20.1 Å². The number of nitrogens with zero attached hydrogens (tertiary/aromatic N) is 1. The van der Waals surface area contributed by atoms with E-state index in [1.807, 2.05) is 0 Å². The van der Waals surface area contributed by atoms with E-state index in [4.69, 9.17) is 0 Å². The van der Waals surface area contributed by atoms with E-state index >= 15 is 0 Å². The summed E-state index contributed by atoms with van der Waals surface area (Å²) in [7, 11) is 2.29. The lowest BCUT2D eigenvalue weighted by molar-refractivity contribution is 0.153. The lowest BCUT2D eigenvalue weighted by Crippen LogP contribution is -2.47. The van der Waals surface area contributed by atoms with Crippen LogP contribution in [0.4, 0.5) is 0 Å². The molecule has 0 amide bonds. The summed E-state index contributed by atoms with van der Waals surface area (Å²) in [4.78, 5) is 2.56. The van der Waals surface area contributed by atoms with E-state index in [0.29, 0.717) is 17.5 Å². The average molecular weight is 254 g/mol. The molecule has 3 atom stereocenters. The van der Waals surface area contributed by atoms with E-state index in [1.54, 1.807) is 0 Å². The molecular formula is C16H34N2. The Labute approximate surface area is 115 Å². The van der Waals surface area contributed by atoms with Gasteiger partial charge in [0.2, 0.25) is 0 Å². The highest BCUT2D eigenvalue weighted by Gasteiger charge is 2.41. The van der Waals surface area contributed by atoms with Crippen LogP contribution >= 0.6 is 0 Å². The molecule has 0 aromatic carbocycles. The first-order valence-corrected chi connectivity index (χ1v) is 7.73. The lowest BCUT2D eigenvalue weighted by Gasteiger charge is -2.36. The second kappa shape index (κ2) is 6.38. The Morgan fingerprint density at radius 3 is 2.39 bits per heavy atom. The molecule has 0 aliphatic heterocycles. The summed E-state index contributed by atoms with van der Waals surface area (Å²) in [5.74, 6) is 1.55. The van der Waals surface area contributed by atoms with Crippen LogP contribution in [0.25, 0.3) is 0 Å². The molecule has 0 spiro atoms. The van der Waals surface area contributed by atoms with Crippen molar-refractivity contribution in [3.05, 3.63) is 0 Å². The normalized spacial score (nSPS) is 29.2. The van der Waals surface area contributed by atoms with E-state index in [2.05, 4.69) is 58.8 Å². The van der Waals surface area contributed by atoms with Gasteiger partial charge in [-0.2, -0.15) is 0 Å². The third-order valence-electron chi connectivity index (χ3n) is 5.08. The summed E-state index contributed by atoms with van der Waals surface area (Å²) in [5.41, 5.74) is 0.461.